The Hall–Kier alpha value is -2.32. The van der Waals surface area contributed by atoms with E-state index in [9.17, 15) is 0 Å². The van der Waals surface area contributed by atoms with Crippen LogP contribution in [0.15, 0.2) is 95.3 Å². The molecule has 0 aromatic carbocycles. The van der Waals surface area contributed by atoms with E-state index >= 15 is 0 Å². The van der Waals surface area contributed by atoms with Crippen LogP contribution in [0, 0.1) is 35.5 Å². The van der Waals surface area contributed by atoms with E-state index in [0.29, 0.717) is 30.2 Å². The second-order valence-corrected chi connectivity index (χ2v) is 12.6. The molecule has 3 N–H and O–H groups in total. The number of hydrogen-bond donors (Lipinski definition) is 2. The Kier molecular flexibility index (Phi) is 10.0. The molecule has 4 aliphatic carbocycles. The van der Waals surface area contributed by atoms with Gasteiger partial charge in [0.2, 0.25) is 0 Å². The number of dihydropyridines is 1. The minimum atomic E-state index is 0.595. The molecule has 2 nitrogen and oxygen atoms in total. The average Bonchev–Trinajstić information content (AvgIpc) is 3.00. The Bertz CT molecular complexity index is 1070. The van der Waals surface area contributed by atoms with Crippen molar-refractivity contribution >= 4 is 0 Å². The van der Waals surface area contributed by atoms with Crippen LogP contribution in [0.4, 0.5) is 0 Å². The molecule has 0 radical (unpaired) electrons. The predicted octanol–water partition coefficient (Wildman–Crippen LogP) is 8.89. The van der Waals surface area contributed by atoms with Crippen LogP contribution in [-0.2, 0) is 0 Å². The van der Waals surface area contributed by atoms with Crippen molar-refractivity contribution in [2.45, 2.75) is 84.0 Å². The summed E-state index contributed by atoms with van der Waals surface area (Å²) in [6.45, 7) is 8.11. The molecule has 0 amide bonds. The number of allylic oxidation sites excluding steroid dienone is 13. The molecule has 210 valence electrons. The van der Waals surface area contributed by atoms with E-state index in [0.717, 1.165) is 31.2 Å². The van der Waals surface area contributed by atoms with Crippen molar-refractivity contribution in [1.82, 2.24) is 5.32 Å². The van der Waals surface area contributed by atoms with E-state index < -0.39 is 0 Å². The van der Waals surface area contributed by atoms with Gasteiger partial charge in [-0.05, 0) is 118 Å². The van der Waals surface area contributed by atoms with Crippen LogP contribution in [0.3, 0.4) is 0 Å². The molecular formula is C37H52N2. The number of fused-ring (bicyclic) bond motifs is 1. The second kappa shape index (κ2) is 13.8. The summed E-state index contributed by atoms with van der Waals surface area (Å²) >= 11 is 0. The van der Waals surface area contributed by atoms with Gasteiger partial charge in [-0.15, -0.1) is 6.58 Å². The first-order chi connectivity index (χ1) is 19.2. The summed E-state index contributed by atoms with van der Waals surface area (Å²) in [5.41, 5.74) is 14.4. The fourth-order valence-electron chi connectivity index (χ4n) is 8.33. The molecule has 0 spiro atoms. The molecule has 0 saturated heterocycles. The fourth-order valence-corrected chi connectivity index (χ4v) is 8.33. The quantitative estimate of drug-likeness (QED) is 0.280. The molecule has 2 heteroatoms. The highest BCUT2D eigenvalue weighted by molar-refractivity contribution is 5.42. The minimum absolute atomic E-state index is 0.595. The van der Waals surface area contributed by atoms with Gasteiger partial charge in [0.1, 0.15) is 0 Å². The lowest BCUT2D eigenvalue weighted by Gasteiger charge is -2.41. The van der Waals surface area contributed by atoms with Gasteiger partial charge in [0, 0.05) is 24.7 Å². The van der Waals surface area contributed by atoms with Crippen molar-refractivity contribution in [3.05, 3.63) is 95.3 Å². The van der Waals surface area contributed by atoms with Gasteiger partial charge >= 0.3 is 0 Å². The molecule has 4 atom stereocenters. The summed E-state index contributed by atoms with van der Waals surface area (Å²) in [5.74, 6) is 4.23. The van der Waals surface area contributed by atoms with Crippen LogP contribution in [-0.4, -0.2) is 13.1 Å². The van der Waals surface area contributed by atoms with Gasteiger partial charge < -0.3 is 11.1 Å². The molecule has 1 aliphatic heterocycles. The van der Waals surface area contributed by atoms with Gasteiger partial charge in [-0.2, -0.15) is 0 Å². The van der Waals surface area contributed by atoms with Crippen LogP contribution in [0.5, 0.6) is 0 Å². The fraction of sp³-hybridized carbons (Fsp3) is 0.568. The first-order valence-corrected chi connectivity index (χ1v) is 16.1. The molecule has 4 unspecified atom stereocenters. The molecule has 0 aromatic rings. The van der Waals surface area contributed by atoms with Gasteiger partial charge in [-0.3, -0.25) is 0 Å². The molecule has 0 bridgehead atoms. The van der Waals surface area contributed by atoms with E-state index in [1.165, 1.54) is 75.5 Å². The third-order valence-corrected chi connectivity index (χ3v) is 10.6. The molecule has 1 fully saturated rings. The van der Waals surface area contributed by atoms with Crippen molar-refractivity contribution in [2.24, 2.45) is 41.2 Å². The summed E-state index contributed by atoms with van der Waals surface area (Å²) in [6.07, 6.45) is 38.7. The summed E-state index contributed by atoms with van der Waals surface area (Å²) in [6, 6.07) is 0. The van der Waals surface area contributed by atoms with Crippen molar-refractivity contribution in [3.8, 4) is 0 Å². The highest BCUT2D eigenvalue weighted by atomic mass is 14.9. The van der Waals surface area contributed by atoms with Crippen molar-refractivity contribution in [3.63, 3.8) is 0 Å². The first kappa shape index (κ1) is 28.2. The zero-order valence-corrected chi connectivity index (χ0v) is 24.4. The standard InChI is InChI=1S/C37H52N2/c1-3-27(4-2)28-15-19-30(20-16-28)34-23-24-35(37-14-6-5-13-36(34)37)31-21-17-29(18-22-31)32(26-38)10-9-12-33-11-7-8-25-39-33/h3,5-8,10-11,13-14,19,27-29,31,34,36,39H,1,4,9,12,15-18,20-26,38H2,2H3/b32-10+. The second-order valence-electron chi connectivity index (χ2n) is 12.6. The van der Waals surface area contributed by atoms with Crippen LogP contribution in [0.1, 0.15) is 84.0 Å². The van der Waals surface area contributed by atoms with E-state index in [1.54, 1.807) is 16.7 Å². The Morgan fingerprint density at radius 2 is 1.97 bits per heavy atom. The lowest BCUT2D eigenvalue weighted by Crippen LogP contribution is -2.29. The first-order valence-electron chi connectivity index (χ1n) is 16.1. The van der Waals surface area contributed by atoms with Crippen LogP contribution in [0.25, 0.3) is 0 Å². The van der Waals surface area contributed by atoms with Crippen molar-refractivity contribution in [1.29, 1.82) is 0 Å². The molecular weight excluding hydrogens is 472 g/mol. The van der Waals surface area contributed by atoms with E-state index in [1.807, 2.05) is 0 Å². The predicted molar refractivity (Wildman–Crippen MR) is 168 cm³/mol. The zero-order chi connectivity index (χ0) is 27.0. The summed E-state index contributed by atoms with van der Waals surface area (Å²) < 4.78 is 0. The monoisotopic (exact) mass is 524 g/mol. The van der Waals surface area contributed by atoms with Gasteiger partial charge in [0.05, 0.1) is 0 Å². The average molecular weight is 525 g/mol. The molecule has 5 aliphatic rings. The maximum Gasteiger partial charge on any atom is 0.0330 e. The Morgan fingerprint density at radius 3 is 2.67 bits per heavy atom. The normalized spacial score (nSPS) is 31.7. The minimum Gasteiger partial charge on any atom is -0.385 e. The summed E-state index contributed by atoms with van der Waals surface area (Å²) in [5, 5.41) is 3.48. The van der Waals surface area contributed by atoms with E-state index in [-0.39, 0.29) is 0 Å². The third-order valence-electron chi connectivity index (χ3n) is 10.6. The molecule has 0 aromatic heterocycles. The van der Waals surface area contributed by atoms with Gasteiger partial charge in [-0.1, -0.05) is 78.3 Å². The van der Waals surface area contributed by atoms with Crippen LogP contribution < -0.4 is 11.1 Å². The molecule has 1 saturated carbocycles. The highest BCUT2D eigenvalue weighted by Crippen LogP contribution is 2.49. The SMILES string of the molecule is C=CC(CC)C1CC=C(C2CCC(C3CCC(/C(=C/CCC4=CC=CCN4)CN)CC3)=C3C=CC=CC32)CC1. The van der Waals surface area contributed by atoms with Gasteiger partial charge in [0.15, 0.2) is 0 Å². The summed E-state index contributed by atoms with van der Waals surface area (Å²) in [7, 11) is 0. The van der Waals surface area contributed by atoms with E-state index in [4.69, 9.17) is 5.73 Å². The molecule has 5 rings (SSSR count). The Labute approximate surface area is 238 Å². The highest BCUT2D eigenvalue weighted by Gasteiger charge is 2.36. The Balaban J connectivity index is 1.21. The Morgan fingerprint density at radius 1 is 1.10 bits per heavy atom. The van der Waals surface area contributed by atoms with Gasteiger partial charge in [0.25, 0.3) is 0 Å². The topological polar surface area (TPSA) is 38.0 Å². The largest absolute Gasteiger partial charge is 0.385 e. The smallest absolute Gasteiger partial charge is 0.0330 e. The third kappa shape index (κ3) is 6.71. The van der Waals surface area contributed by atoms with Crippen molar-refractivity contribution < 1.29 is 0 Å². The van der Waals surface area contributed by atoms with Crippen LogP contribution in [0.2, 0.25) is 0 Å². The summed E-state index contributed by atoms with van der Waals surface area (Å²) in [4.78, 5) is 0. The zero-order valence-electron chi connectivity index (χ0n) is 24.4. The number of nitrogens with one attached hydrogen (secondary N) is 1. The molecule has 1 heterocycles. The number of hydrogen-bond acceptors (Lipinski definition) is 2. The lowest BCUT2D eigenvalue weighted by molar-refractivity contribution is 0.301. The number of nitrogens with two attached hydrogens (primary N) is 1. The van der Waals surface area contributed by atoms with Crippen molar-refractivity contribution in [2.75, 3.05) is 13.1 Å². The maximum atomic E-state index is 6.27. The van der Waals surface area contributed by atoms with Crippen LogP contribution >= 0.6 is 0 Å². The van der Waals surface area contributed by atoms with Gasteiger partial charge in [-0.25, -0.2) is 0 Å². The maximum absolute atomic E-state index is 6.27. The lowest BCUT2D eigenvalue weighted by atomic mass is 9.64. The van der Waals surface area contributed by atoms with E-state index in [2.05, 4.69) is 79.6 Å². The molecule has 39 heavy (non-hydrogen) atoms. The number of rotatable bonds is 10.